The predicted octanol–water partition coefficient (Wildman–Crippen LogP) is 1.35. The second kappa shape index (κ2) is 5.44. The molecule has 2 heterocycles. The summed E-state index contributed by atoms with van der Waals surface area (Å²) >= 11 is 0. The topological polar surface area (TPSA) is 99.1 Å². The van der Waals surface area contributed by atoms with Gasteiger partial charge in [-0.15, -0.1) is 0 Å². The van der Waals surface area contributed by atoms with Crippen molar-refractivity contribution in [3.63, 3.8) is 0 Å². The molecule has 1 saturated carbocycles. The minimum Gasteiger partial charge on any atom is -0.339 e. The van der Waals surface area contributed by atoms with E-state index < -0.39 is 9.84 Å². The predicted molar refractivity (Wildman–Crippen MR) is 74.1 cm³/mol. The van der Waals surface area contributed by atoms with Gasteiger partial charge in [0, 0.05) is 12.0 Å². The summed E-state index contributed by atoms with van der Waals surface area (Å²) in [5, 5.41) is 4.00. The SMILES string of the molecule is NC1CCCCCC1c1nc(C2CCS(=O)(=O)C2)no1. The highest BCUT2D eigenvalue weighted by Gasteiger charge is 2.34. The fraction of sp³-hybridized carbons (Fsp3) is 0.846. The Morgan fingerprint density at radius 3 is 2.70 bits per heavy atom. The van der Waals surface area contributed by atoms with Gasteiger partial charge in [-0.1, -0.05) is 24.4 Å². The van der Waals surface area contributed by atoms with Gasteiger partial charge in [0.15, 0.2) is 15.7 Å². The zero-order valence-corrected chi connectivity index (χ0v) is 12.3. The zero-order chi connectivity index (χ0) is 14.2. The highest BCUT2D eigenvalue weighted by atomic mass is 32.2. The Kier molecular flexibility index (Phi) is 3.81. The van der Waals surface area contributed by atoms with Gasteiger partial charge < -0.3 is 10.3 Å². The van der Waals surface area contributed by atoms with Crippen LogP contribution in [-0.4, -0.2) is 36.1 Å². The van der Waals surface area contributed by atoms with E-state index in [1.807, 2.05) is 0 Å². The van der Waals surface area contributed by atoms with Crippen molar-refractivity contribution in [2.45, 2.75) is 56.4 Å². The molecule has 2 aliphatic rings. The van der Waals surface area contributed by atoms with Crippen molar-refractivity contribution in [3.05, 3.63) is 11.7 Å². The molecule has 3 rings (SSSR count). The summed E-state index contributed by atoms with van der Waals surface area (Å²) < 4.78 is 28.4. The van der Waals surface area contributed by atoms with Gasteiger partial charge in [0.05, 0.1) is 17.4 Å². The minimum atomic E-state index is -2.92. The number of nitrogens with zero attached hydrogens (tertiary/aromatic N) is 2. The fourth-order valence-corrected chi connectivity index (χ4v) is 4.94. The standard InChI is InChI=1S/C13H21N3O3S/c14-11-5-3-1-2-4-10(11)13-15-12(16-19-13)9-6-7-20(17,18)8-9/h9-11H,1-8,14H2. The number of hydrogen-bond acceptors (Lipinski definition) is 6. The number of rotatable bonds is 2. The maximum absolute atomic E-state index is 11.5. The molecule has 3 unspecified atom stereocenters. The molecule has 2 fully saturated rings. The van der Waals surface area contributed by atoms with Crippen LogP contribution in [0.3, 0.4) is 0 Å². The molecule has 1 aromatic heterocycles. The van der Waals surface area contributed by atoms with Crippen LogP contribution in [0.5, 0.6) is 0 Å². The molecule has 20 heavy (non-hydrogen) atoms. The molecule has 3 atom stereocenters. The first-order valence-corrected chi connectivity index (χ1v) is 9.17. The number of nitrogens with two attached hydrogens (primary N) is 1. The minimum absolute atomic E-state index is 0.0677. The monoisotopic (exact) mass is 299 g/mol. The molecule has 0 spiro atoms. The van der Waals surface area contributed by atoms with E-state index in [0.717, 1.165) is 25.7 Å². The summed E-state index contributed by atoms with van der Waals surface area (Å²) in [7, 11) is -2.92. The van der Waals surface area contributed by atoms with Crippen LogP contribution in [0.2, 0.25) is 0 Å². The van der Waals surface area contributed by atoms with E-state index in [1.54, 1.807) is 0 Å². The Morgan fingerprint density at radius 1 is 1.15 bits per heavy atom. The van der Waals surface area contributed by atoms with Gasteiger partial charge in [0.1, 0.15) is 0 Å². The molecule has 112 valence electrons. The van der Waals surface area contributed by atoms with Crippen LogP contribution in [0.25, 0.3) is 0 Å². The molecule has 2 N–H and O–H groups in total. The van der Waals surface area contributed by atoms with E-state index >= 15 is 0 Å². The van der Waals surface area contributed by atoms with E-state index in [0.29, 0.717) is 18.1 Å². The number of aromatic nitrogens is 2. The van der Waals surface area contributed by atoms with Crippen molar-refractivity contribution in [2.75, 3.05) is 11.5 Å². The molecule has 0 radical (unpaired) electrons. The molecule has 1 saturated heterocycles. The molecule has 1 aromatic rings. The highest BCUT2D eigenvalue weighted by molar-refractivity contribution is 7.91. The first-order chi connectivity index (χ1) is 9.55. The lowest BCUT2D eigenvalue weighted by Gasteiger charge is -2.16. The average Bonchev–Trinajstić information content (AvgIpc) is 2.94. The fourth-order valence-electron chi connectivity index (χ4n) is 3.21. The van der Waals surface area contributed by atoms with Crippen LogP contribution >= 0.6 is 0 Å². The van der Waals surface area contributed by atoms with Crippen molar-refractivity contribution in [1.82, 2.24) is 10.1 Å². The van der Waals surface area contributed by atoms with Gasteiger partial charge >= 0.3 is 0 Å². The van der Waals surface area contributed by atoms with Crippen molar-refractivity contribution in [3.8, 4) is 0 Å². The van der Waals surface area contributed by atoms with Gasteiger partial charge in [0.25, 0.3) is 0 Å². The molecule has 1 aliphatic carbocycles. The summed E-state index contributed by atoms with van der Waals surface area (Å²) in [6.07, 6.45) is 6.05. The quantitative estimate of drug-likeness (QED) is 0.827. The smallest absolute Gasteiger partial charge is 0.231 e. The Hall–Kier alpha value is -0.950. The third kappa shape index (κ3) is 2.88. The third-order valence-electron chi connectivity index (χ3n) is 4.44. The highest BCUT2D eigenvalue weighted by Crippen LogP contribution is 2.32. The lowest BCUT2D eigenvalue weighted by molar-refractivity contribution is 0.322. The lowest BCUT2D eigenvalue weighted by Crippen LogP contribution is -2.27. The Labute approximate surface area is 119 Å². The maximum atomic E-state index is 11.5. The molecule has 1 aliphatic heterocycles. The van der Waals surface area contributed by atoms with E-state index in [1.165, 1.54) is 6.42 Å². The van der Waals surface area contributed by atoms with Crippen molar-refractivity contribution >= 4 is 9.84 Å². The molecule has 6 nitrogen and oxygen atoms in total. The maximum Gasteiger partial charge on any atom is 0.231 e. The van der Waals surface area contributed by atoms with Crippen molar-refractivity contribution < 1.29 is 12.9 Å². The Bertz CT molecular complexity index is 569. The molecule has 0 amide bonds. The lowest BCUT2D eigenvalue weighted by atomic mass is 9.95. The molecule has 0 aromatic carbocycles. The summed E-state index contributed by atoms with van der Waals surface area (Å²) in [6, 6.07) is 0.0677. The van der Waals surface area contributed by atoms with Gasteiger partial charge in [-0.25, -0.2) is 8.42 Å². The second-order valence-corrected chi connectivity index (χ2v) is 8.23. The van der Waals surface area contributed by atoms with E-state index in [2.05, 4.69) is 10.1 Å². The van der Waals surface area contributed by atoms with Crippen LogP contribution in [0.4, 0.5) is 0 Å². The Morgan fingerprint density at radius 2 is 1.95 bits per heavy atom. The normalized spacial score (nSPS) is 34.0. The van der Waals surface area contributed by atoms with Crippen LogP contribution in [0.15, 0.2) is 4.52 Å². The molecule has 0 bridgehead atoms. The van der Waals surface area contributed by atoms with Gasteiger partial charge in [0.2, 0.25) is 5.89 Å². The molecule has 7 heteroatoms. The molecular formula is C13H21N3O3S. The first-order valence-electron chi connectivity index (χ1n) is 7.35. The van der Waals surface area contributed by atoms with E-state index in [-0.39, 0.29) is 29.4 Å². The number of sulfone groups is 1. The Balaban J connectivity index is 1.76. The first kappa shape index (κ1) is 14.0. The average molecular weight is 299 g/mol. The van der Waals surface area contributed by atoms with Crippen LogP contribution in [-0.2, 0) is 9.84 Å². The summed E-state index contributed by atoms with van der Waals surface area (Å²) in [6.45, 7) is 0. The van der Waals surface area contributed by atoms with Gasteiger partial charge in [-0.3, -0.25) is 0 Å². The molecular weight excluding hydrogens is 278 g/mol. The van der Waals surface area contributed by atoms with Crippen molar-refractivity contribution in [1.29, 1.82) is 0 Å². The largest absolute Gasteiger partial charge is 0.339 e. The summed E-state index contributed by atoms with van der Waals surface area (Å²) in [5.74, 6) is 1.51. The summed E-state index contributed by atoms with van der Waals surface area (Å²) in [4.78, 5) is 4.45. The van der Waals surface area contributed by atoms with Gasteiger partial charge in [-0.05, 0) is 19.3 Å². The zero-order valence-electron chi connectivity index (χ0n) is 11.5. The second-order valence-electron chi connectivity index (χ2n) is 6.00. The van der Waals surface area contributed by atoms with E-state index in [9.17, 15) is 8.42 Å². The third-order valence-corrected chi connectivity index (χ3v) is 6.21. The van der Waals surface area contributed by atoms with Crippen LogP contribution in [0, 0.1) is 0 Å². The van der Waals surface area contributed by atoms with Crippen LogP contribution in [0.1, 0.15) is 62.1 Å². The van der Waals surface area contributed by atoms with Crippen molar-refractivity contribution in [2.24, 2.45) is 5.73 Å². The summed E-state index contributed by atoms with van der Waals surface area (Å²) in [5.41, 5.74) is 6.19. The number of hydrogen-bond donors (Lipinski definition) is 1. The van der Waals surface area contributed by atoms with Crippen LogP contribution < -0.4 is 5.73 Å². The van der Waals surface area contributed by atoms with Gasteiger partial charge in [-0.2, -0.15) is 4.98 Å². The van der Waals surface area contributed by atoms with E-state index in [4.69, 9.17) is 10.3 Å².